The molecule has 1 amide bonds. The lowest BCUT2D eigenvalue weighted by Crippen LogP contribution is -2.40. The maximum atomic E-state index is 13.0. The van der Waals surface area contributed by atoms with Crippen molar-refractivity contribution in [3.05, 3.63) is 59.0 Å². The number of carbonyl (C=O) groups excluding carboxylic acids is 1. The normalized spacial score (nSPS) is 13.0. The smallest absolute Gasteiger partial charge is 0.254 e. The van der Waals surface area contributed by atoms with E-state index < -0.39 is 0 Å². The number of benzene rings is 1. The van der Waals surface area contributed by atoms with Gasteiger partial charge in [-0.3, -0.25) is 4.79 Å². The molecule has 0 aliphatic heterocycles. The van der Waals surface area contributed by atoms with Crippen molar-refractivity contribution >= 4 is 5.91 Å². The van der Waals surface area contributed by atoms with Gasteiger partial charge in [-0.05, 0) is 43.5 Å². The minimum absolute atomic E-state index is 0.0639. The second-order valence-electron chi connectivity index (χ2n) is 9.64. The van der Waals surface area contributed by atoms with Crippen molar-refractivity contribution in [1.29, 1.82) is 0 Å². The van der Waals surface area contributed by atoms with E-state index in [0.717, 1.165) is 36.2 Å². The molecule has 0 bridgehead atoms. The summed E-state index contributed by atoms with van der Waals surface area (Å²) in [5.41, 5.74) is 5.50. The van der Waals surface area contributed by atoms with E-state index in [1.165, 1.54) is 5.56 Å². The summed E-state index contributed by atoms with van der Waals surface area (Å²) in [7, 11) is 5.66. The van der Waals surface area contributed by atoms with Crippen LogP contribution in [-0.2, 0) is 24.2 Å². The number of hydrogen-bond donors (Lipinski definition) is 1. The predicted octanol–water partition coefficient (Wildman–Crippen LogP) is 2.89. The first-order valence-corrected chi connectivity index (χ1v) is 11.2. The summed E-state index contributed by atoms with van der Waals surface area (Å²) >= 11 is 0. The third-order valence-corrected chi connectivity index (χ3v) is 5.84. The zero-order valence-corrected chi connectivity index (χ0v) is 20.1. The first kappa shape index (κ1) is 23.1. The maximum absolute atomic E-state index is 13.0. The number of nitrogens with one attached hydrogen (secondary N) is 1. The molecular formula is C25H32N6O2. The van der Waals surface area contributed by atoms with Crippen LogP contribution in [0.5, 0.6) is 0 Å². The number of aromatic nitrogens is 4. The van der Waals surface area contributed by atoms with Crippen LogP contribution < -0.4 is 5.32 Å². The molecule has 174 valence electrons. The first-order chi connectivity index (χ1) is 15.8. The molecule has 8 heteroatoms. The summed E-state index contributed by atoms with van der Waals surface area (Å²) in [6.07, 6.45) is 5.33. The molecule has 0 unspecified atom stereocenters. The van der Waals surface area contributed by atoms with Gasteiger partial charge in [0.05, 0.1) is 29.8 Å². The third-order valence-electron chi connectivity index (χ3n) is 5.84. The van der Waals surface area contributed by atoms with Crippen molar-refractivity contribution in [3.8, 4) is 17.2 Å². The number of hydrogen-bond acceptors (Lipinski definition) is 6. The van der Waals surface area contributed by atoms with Gasteiger partial charge in [0.2, 0.25) is 0 Å². The quantitative estimate of drug-likeness (QED) is 0.570. The fraction of sp³-hybridized carbons (Fsp3) is 0.440. The van der Waals surface area contributed by atoms with E-state index >= 15 is 0 Å². The molecule has 1 aliphatic rings. The molecule has 1 N–H and O–H groups in total. The molecule has 4 rings (SSSR count). The van der Waals surface area contributed by atoms with Crippen LogP contribution in [0.15, 0.2) is 36.7 Å². The van der Waals surface area contributed by atoms with Crippen LogP contribution in [0.1, 0.15) is 41.0 Å². The zero-order valence-electron chi connectivity index (χ0n) is 20.1. The monoisotopic (exact) mass is 448 g/mol. The van der Waals surface area contributed by atoms with E-state index in [9.17, 15) is 4.79 Å². The second kappa shape index (κ2) is 9.41. The number of rotatable bonds is 8. The summed E-state index contributed by atoms with van der Waals surface area (Å²) in [6, 6.07) is 8.32. The highest BCUT2D eigenvalue weighted by molar-refractivity contribution is 5.95. The molecule has 0 radical (unpaired) electrons. The highest BCUT2D eigenvalue weighted by Crippen LogP contribution is 2.32. The van der Waals surface area contributed by atoms with Crippen molar-refractivity contribution in [2.45, 2.75) is 33.3 Å². The van der Waals surface area contributed by atoms with Crippen LogP contribution in [0.2, 0.25) is 0 Å². The van der Waals surface area contributed by atoms with Gasteiger partial charge in [0.25, 0.3) is 11.9 Å². The van der Waals surface area contributed by atoms with Crippen LogP contribution in [0.25, 0.3) is 17.2 Å². The number of amides is 1. The van der Waals surface area contributed by atoms with Gasteiger partial charge in [-0.15, -0.1) is 0 Å². The molecule has 0 fully saturated rings. The van der Waals surface area contributed by atoms with Gasteiger partial charge >= 0.3 is 0 Å². The Balaban J connectivity index is 1.63. The van der Waals surface area contributed by atoms with Gasteiger partial charge < -0.3 is 15.0 Å². The highest BCUT2D eigenvalue weighted by Gasteiger charge is 2.25. The van der Waals surface area contributed by atoms with E-state index in [1.807, 2.05) is 26.4 Å². The van der Waals surface area contributed by atoms with E-state index in [4.69, 9.17) is 9.72 Å². The Labute approximate surface area is 195 Å². The summed E-state index contributed by atoms with van der Waals surface area (Å²) in [6.45, 7) is 5.90. The molecule has 0 atom stereocenters. The number of fused-ring (bicyclic) bond motifs is 3. The summed E-state index contributed by atoms with van der Waals surface area (Å²) in [5.74, 6) is 0.257. The van der Waals surface area contributed by atoms with E-state index in [2.05, 4.69) is 52.3 Å². The molecule has 0 saturated carbocycles. The van der Waals surface area contributed by atoms with E-state index in [-0.39, 0.29) is 17.9 Å². The average molecular weight is 449 g/mol. The summed E-state index contributed by atoms with van der Waals surface area (Å²) in [4.78, 5) is 24.6. The van der Waals surface area contributed by atoms with E-state index in [0.29, 0.717) is 23.8 Å². The Morgan fingerprint density at radius 3 is 2.70 bits per heavy atom. The fourth-order valence-corrected chi connectivity index (χ4v) is 4.49. The van der Waals surface area contributed by atoms with Crippen LogP contribution in [-0.4, -0.2) is 64.9 Å². The van der Waals surface area contributed by atoms with Crippen molar-refractivity contribution in [3.63, 3.8) is 0 Å². The van der Waals surface area contributed by atoms with Crippen LogP contribution in [0.3, 0.4) is 0 Å². The van der Waals surface area contributed by atoms with Crippen molar-refractivity contribution < 1.29 is 9.53 Å². The fourth-order valence-electron chi connectivity index (χ4n) is 4.49. The molecule has 2 heterocycles. The summed E-state index contributed by atoms with van der Waals surface area (Å²) in [5, 5.41) is 7.52. The Hall–Kier alpha value is -3.10. The van der Waals surface area contributed by atoms with E-state index in [1.54, 1.807) is 18.0 Å². The molecule has 1 aromatic carbocycles. The third kappa shape index (κ3) is 4.96. The lowest BCUT2D eigenvalue weighted by atomic mass is 9.90. The molecule has 0 spiro atoms. The molecule has 8 nitrogen and oxygen atoms in total. The number of carbonyl (C=O) groups is 1. The van der Waals surface area contributed by atoms with Crippen LogP contribution in [0, 0.1) is 5.41 Å². The first-order valence-electron chi connectivity index (χ1n) is 11.2. The van der Waals surface area contributed by atoms with Gasteiger partial charge in [0.1, 0.15) is 0 Å². The van der Waals surface area contributed by atoms with Crippen molar-refractivity contribution in [2.75, 3.05) is 34.3 Å². The molecule has 0 saturated heterocycles. The van der Waals surface area contributed by atoms with Gasteiger partial charge in [-0.1, -0.05) is 38.1 Å². The SMILES string of the molecule is COCc1c(C(=O)NCC(C)(C)CN(C)C)cnn1-c1ncc2c(n1)-c1ccccc1CC2. The second-order valence-corrected chi connectivity index (χ2v) is 9.64. The van der Waals surface area contributed by atoms with Crippen LogP contribution in [0.4, 0.5) is 0 Å². The Morgan fingerprint density at radius 1 is 1.18 bits per heavy atom. The standard InChI is InChI=1S/C25H32N6O2/c1-25(2,16-30(3)4)15-27-23(32)20-13-28-31(21(20)14-33-5)24-26-12-18-11-10-17-8-6-7-9-19(17)22(18)29-24/h6-9,12-13H,10-11,14-16H2,1-5H3,(H,27,32). The summed E-state index contributed by atoms with van der Waals surface area (Å²) < 4.78 is 7.02. The Kier molecular flexibility index (Phi) is 6.58. The Morgan fingerprint density at radius 2 is 1.94 bits per heavy atom. The largest absolute Gasteiger partial charge is 0.378 e. The number of nitrogens with zero attached hydrogens (tertiary/aromatic N) is 5. The highest BCUT2D eigenvalue weighted by atomic mass is 16.5. The Bertz CT molecular complexity index is 1150. The van der Waals surface area contributed by atoms with Crippen molar-refractivity contribution in [1.82, 2.24) is 30.0 Å². The minimum atomic E-state index is -0.177. The van der Waals surface area contributed by atoms with Gasteiger partial charge in [-0.2, -0.15) is 9.78 Å². The number of methoxy groups -OCH3 is 1. The van der Waals surface area contributed by atoms with Gasteiger partial charge in [-0.25, -0.2) is 9.97 Å². The number of ether oxygens (including phenoxy) is 1. The molecular weight excluding hydrogens is 416 g/mol. The number of aryl methyl sites for hydroxylation is 2. The predicted molar refractivity (Wildman–Crippen MR) is 127 cm³/mol. The molecule has 33 heavy (non-hydrogen) atoms. The molecule has 2 aromatic heterocycles. The molecule has 1 aliphatic carbocycles. The topological polar surface area (TPSA) is 85.2 Å². The lowest BCUT2D eigenvalue weighted by Gasteiger charge is -2.28. The zero-order chi connectivity index (χ0) is 23.6. The average Bonchev–Trinajstić information content (AvgIpc) is 3.20. The maximum Gasteiger partial charge on any atom is 0.254 e. The van der Waals surface area contributed by atoms with Gasteiger partial charge in [0.15, 0.2) is 0 Å². The lowest BCUT2D eigenvalue weighted by molar-refractivity contribution is 0.0924. The van der Waals surface area contributed by atoms with Crippen LogP contribution >= 0.6 is 0 Å². The van der Waals surface area contributed by atoms with Gasteiger partial charge in [0, 0.05) is 32.0 Å². The van der Waals surface area contributed by atoms with Crippen molar-refractivity contribution in [2.24, 2.45) is 5.41 Å². The minimum Gasteiger partial charge on any atom is -0.378 e. The molecule has 3 aromatic rings.